The van der Waals surface area contributed by atoms with Crippen LogP contribution in [-0.2, 0) is 6.54 Å². The van der Waals surface area contributed by atoms with Crippen molar-refractivity contribution >= 4 is 27.4 Å². The zero-order valence-corrected chi connectivity index (χ0v) is 14.4. The van der Waals surface area contributed by atoms with Crippen molar-refractivity contribution in [2.75, 3.05) is 25.0 Å². The van der Waals surface area contributed by atoms with E-state index in [1.54, 1.807) is 12.5 Å². The van der Waals surface area contributed by atoms with E-state index >= 15 is 0 Å². The number of halogens is 1. The van der Waals surface area contributed by atoms with Gasteiger partial charge in [-0.25, -0.2) is 4.98 Å². The Kier molecular flexibility index (Phi) is 3.74. The predicted molar refractivity (Wildman–Crippen MR) is 92.4 cm³/mol. The van der Waals surface area contributed by atoms with E-state index in [4.69, 9.17) is 0 Å². The largest absolute Gasteiger partial charge is 0.350 e. The summed E-state index contributed by atoms with van der Waals surface area (Å²) >= 11 is 3.48. The molecular weight excluding hydrogens is 356 g/mol. The maximum absolute atomic E-state index is 4.47. The van der Waals surface area contributed by atoms with E-state index in [0.29, 0.717) is 6.04 Å². The first-order chi connectivity index (χ1) is 11.2. The van der Waals surface area contributed by atoms with Gasteiger partial charge in [0.15, 0.2) is 5.82 Å². The van der Waals surface area contributed by atoms with Crippen molar-refractivity contribution in [3.63, 3.8) is 0 Å². The number of hydrogen-bond acceptors (Lipinski definition) is 5. The summed E-state index contributed by atoms with van der Waals surface area (Å²) in [5, 5.41) is 8.11. The first-order valence-electron chi connectivity index (χ1n) is 7.55. The number of likely N-dealkylation sites (N-methyl/N-ethyl adjacent to an activating group) is 1. The highest BCUT2D eigenvalue weighted by atomic mass is 79.9. The molecule has 1 saturated heterocycles. The van der Waals surface area contributed by atoms with Gasteiger partial charge in [0.05, 0.1) is 0 Å². The third-order valence-corrected chi connectivity index (χ3v) is 4.86. The van der Waals surface area contributed by atoms with Gasteiger partial charge in [0.1, 0.15) is 6.33 Å². The smallest absolute Gasteiger partial charge is 0.203 e. The van der Waals surface area contributed by atoms with Crippen molar-refractivity contribution < 1.29 is 0 Å². The van der Waals surface area contributed by atoms with E-state index in [1.807, 2.05) is 10.6 Å². The highest BCUT2D eigenvalue weighted by Crippen LogP contribution is 2.25. The highest BCUT2D eigenvalue weighted by molar-refractivity contribution is 9.10. The van der Waals surface area contributed by atoms with Crippen molar-refractivity contribution in [2.24, 2.45) is 0 Å². The lowest BCUT2D eigenvalue weighted by Crippen LogP contribution is -2.58. The molecule has 1 aliphatic heterocycles. The molecule has 0 bridgehead atoms. The summed E-state index contributed by atoms with van der Waals surface area (Å²) in [6.45, 7) is 2.88. The maximum Gasteiger partial charge on any atom is 0.203 e. The second-order valence-electron chi connectivity index (χ2n) is 5.91. The van der Waals surface area contributed by atoms with E-state index in [-0.39, 0.29) is 0 Å². The summed E-state index contributed by atoms with van der Waals surface area (Å²) in [5.74, 6) is 0.915. The molecule has 1 aliphatic rings. The first kappa shape index (κ1) is 14.6. The fourth-order valence-electron chi connectivity index (χ4n) is 2.88. The fraction of sp³-hybridized carbons (Fsp3) is 0.312. The van der Waals surface area contributed by atoms with Crippen molar-refractivity contribution in [1.82, 2.24) is 24.5 Å². The molecule has 0 atom stereocenters. The molecule has 118 valence electrons. The molecule has 23 heavy (non-hydrogen) atoms. The monoisotopic (exact) mass is 372 g/mol. The minimum atomic E-state index is 0.531. The van der Waals surface area contributed by atoms with Crippen LogP contribution in [0.3, 0.4) is 0 Å². The summed E-state index contributed by atoms with van der Waals surface area (Å²) in [7, 11) is 2.18. The Bertz CT molecular complexity index is 809. The SMILES string of the molecule is CN(Cc1ccc(Br)cc1)C1CN(c2nccn3cnnc23)C1. The highest BCUT2D eigenvalue weighted by Gasteiger charge is 2.32. The van der Waals surface area contributed by atoms with Gasteiger partial charge >= 0.3 is 0 Å². The number of hydrogen-bond donors (Lipinski definition) is 0. The quantitative estimate of drug-likeness (QED) is 0.702. The molecule has 2 aromatic heterocycles. The Morgan fingerprint density at radius 2 is 2.04 bits per heavy atom. The van der Waals surface area contributed by atoms with E-state index in [1.165, 1.54) is 5.56 Å². The fourth-order valence-corrected chi connectivity index (χ4v) is 3.15. The topological polar surface area (TPSA) is 49.6 Å². The van der Waals surface area contributed by atoms with Crippen LogP contribution in [0.2, 0.25) is 0 Å². The molecule has 4 rings (SSSR count). The number of aromatic nitrogens is 4. The van der Waals surface area contributed by atoms with Gasteiger partial charge in [-0.1, -0.05) is 28.1 Å². The summed E-state index contributed by atoms with van der Waals surface area (Å²) in [4.78, 5) is 9.12. The van der Waals surface area contributed by atoms with Gasteiger partial charge in [0.25, 0.3) is 0 Å². The maximum atomic E-state index is 4.47. The van der Waals surface area contributed by atoms with Crippen LogP contribution >= 0.6 is 15.9 Å². The molecule has 0 spiro atoms. The molecule has 0 unspecified atom stereocenters. The Balaban J connectivity index is 1.41. The van der Waals surface area contributed by atoms with Crippen LogP contribution in [0.1, 0.15) is 5.56 Å². The van der Waals surface area contributed by atoms with Crippen molar-refractivity contribution in [3.05, 3.63) is 53.0 Å². The summed E-state index contributed by atoms with van der Waals surface area (Å²) < 4.78 is 3.02. The van der Waals surface area contributed by atoms with Crippen LogP contribution in [0, 0.1) is 0 Å². The van der Waals surface area contributed by atoms with Crippen LogP contribution in [-0.4, -0.2) is 50.7 Å². The molecule has 0 amide bonds. The minimum Gasteiger partial charge on any atom is -0.350 e. The average Bonchev–Trinajstić information content (AvgIpc) is 2.97. The number of rotatable bonds is 4. The zero-order chi connectivity index (χ0) is 15.8. The second-order valence-corrected chi connectivity index (χ2v) is 6.83. The standard InChI is InChI=1S/C16H17BrN6/c1-21(8-12-2-4-13(17)5-3-12)14-9-23(10-14)15-16-20-19-11-22(16)7-6-18-15/h2-7,11,14H,8-10H2,1H3. The molecule has 0 N–H and O–H groups in total. The Morgan fingerprint density at radius 3 is 2.83 bits per heavy atom. The predicted octanol–water partition coefficient (Wildman–Crippen LogP) is 2.21. The van der Waals surface area contributed by atoms with Gasteiger partial charge in [0.2, 0.25) is 5.65 Å². The van der Waals surface area contributed by atoms with Crippen molar-refractivity contribution in [1.29, 1.82) is 0 Å². The van der Waals surface area contributed by atoms with E-state index in [0.717, 1.165) is 35.6 Å². The van der Waals surface area contributed by atoms with E-state index in [9.17, 15) is 0 Å². The molecule has 6 nitrogen and oxygen atoms in total. The van der Waals surface area contributed by atoms with E-state index < -0.39 is 0 Å². The van der Waals surface area contributed by atoms with Gasteiger partial charge in [-0.2, -0.15) is 0 Å². The molecule has 1 aromatic carbocycles. The number of anilines is 1. The zero-order valence-electron chi connectivity index (χ0n) is 12.8. The van der Waals surface area contributed by atoms with Gasteiger partial charge in [0, 0.05) is 42.5 Å². The normalized spacial score (nSPS) is 15.3. The lowest BCUT2D eigenvalue weighted by atomic mass is 10.1. The Labute approximate surface area is 142 Å². The number of nitrogens with zero attached hydrogens (tertiary/aromatic N) is 6. The van der Waals surface area contributed by atoms with Gasteiger partial charge in [-0.3, -0.25) is 9.30 Å². The van der Waals surface area contributed by atoms with Crippen molar-refractivity contribution in [2.45, 2.75) is 12.6 Å². The summed E-state index contributed by atoms with van der Waals surface area (Å²) in [5.41, 5.74) is 2.15. The van der Waals surface area contributed by atoms with E-state index in [2.05, 4.69) is 72.2 Å². The second kappa shape index (κ2) is 5.90. The molecule has 7 heteroatoms. The molecule has 0 radical (unpaired) electrons. The van der Waals surface area contributed by atoms with Crippen LogP contribution in [0.15, 0.2) is 47.5 Å². The molecule has 3 heterocycles. The van der Waals surface area contributed by atoms with Gasteiger partial charge in [-0.05, 0) is 24.7 Å². The van der Waals surface area contributed by atoms with Crippen LogP contribution < -0.4 is 4.90 Å². The lowest BCUT2D eigenvalue weighted by Gasteiger charge is -2.44. The van der Waals surface area contributed by atoms with Crippen LogP contribution in [0.25, 0.3) is 5.65 Å². The van der Waals surface area contributed by atoms with Gasteiger partial charge in [-0.15, -0.1) is 10.2 Å². The number of fused-ring (bicyclic) bond motifs is 1. The Hall–Kier alpha value is -1.99. The molecule has 1 fully saturated rings. The minimum absolute atomic E-state index is 0.531. The molecular formula is C16H17BrN6. The van der Waals surface area contributed by atoms with Crippen molar-refractivity contribution in [3.8, 4) is 0 Å². The third kappa shape index (κ3) is 2.82. The first-order valence-corrected chi connectivity index (χ1v) is 8.34. The molecule has 0 saturated carbocycles. The third-order valence-electron chi connectivity index (χ3n) is 4.33. The summed E-state index contributed by atoms with van der Waals surface area (Å²) in [6, 6.07) is 9.03. The van der Waals surface area contributed by atoms with Gasteiger partial charge < -0.3 is 4.90 Å². The number of benzene rings is 1. The summed E-state index contributed by atoms with van der Waals surface area (Å²) in [6.07, 6.45) is 5.37. The Morgan fingerprint density at radius 1 is 1.26 bits per heavy atom. The molecule has 3 aromatic rings. The lowest BCUT2D eigenvalue weighted by molar-refractivity contribution is 0.197. The average molecular weight is 373 g/mol. The van der Waals surface area contributed by atoms with Crippen LogP contribution in [0.4, 0.5) is 5.82 Å². The van der Waals surface area contributed by atoms with Crippen LogP contribution in [0.5, 0.6) is 0 Å². The molecule has 0 aliphatic carbocycles.